The number of unbranched alkanes of at least 4 members (excludes halogenated alkanes) is 22. The molecule has 0 saturated carbocycles. The smallest absolute Gasteiger partial charge is 0.306 e. The van der Waals surface area contributed by atoms with Crippen molar-refractivity contribution in [1.29, 1.82) is 0 Å². The van der Waals surface area contributed by atoms with Crippen LogP contribution in [0.1, 0.15) is 245 Å². The fourth-order valence-corrected chi connectivity index (χ4v) is 8.90. The van der Waals surface area contributed by atoms with Gasteiger partial charge in [-0.1, -0.05) is 245 Å². The van der Waals surface area contributed by atoms with Gasteiger partial charge >= 0.3 is 11.9 Å². The molecule has 446 valence electrons. The lowest BCUT2D eigenvalue weighted by Crippen LogP contribution is -2.37. The van der Waals surface area contributed by atoms with Gasteiger partial charge < -0.3 is 27.9 Å². The maximum absolute atomic E-state index is 12.8. The molecule has 0 aromatic heterocycles. The summed E-state index contributed by atoms with van der Waals surface area (Å²) in [4.78, 5) is 37.9. The third-order valence-electron chi connectivity index (χ3n) is 13.0. The second-order valence-electron chi connectivity index (χ2n) is 21.7. The van der Waals surface area contributed by atoms with Gasteiger partial charge in [0.25, 0.3) is 7.82 Å². The summed E-state index contributed by atoms with van der Waals surface area (Å²) in [5.74, 6) is -0.853. The van der Waals surface area contributed by atoms with Gasteiger partial charge in [-0.15, -0.1) is 0 Å². The zero-order valence-corrected chi connectivity index (χ0v) is 51.5. The number of hydrogen-bond donors (Lipinski definition) is 0. The van der Waals surface area contributed by atoms with Crippen molar-refractivity contribution in [3.05, 3.63) is 122 Å². The van der Waals surface area contributed by atoms with Crippen LogP contribution in [0.3, 0.4) is 0 Å². The quantitative estimate of drug-likeness (QED) is 0.0195. The molecule has 0 aliphatic carbocycles. The summed E-state index contributed by atoms with van der Waals surface area (Å²) in [5.41, 5.74) is 0. The van der Waals surface area contributed by atoms with Crippen molar-refractivity contribution in [3.63, 3.8) is 0 Å². The molecule has 0 heterocycles. The van der Waals surface area contributed by atoms with Crippen LogP contribution in [0, 0.1) is 0 Å². The minimum absolute atomic E-state index is 0.0376. The SMILES string of the molecule is CC/C=C\C/C=C\C/C=C\C/C=C\C/C=C\C/C=C\C/C=C\C/C=C\CCCCCCCCCCCCCCCCC(=O)OC(COC(=O)CCCCCCC/C=C\C/C=C\CCCCC)COP(=O)([O-])OCC[N+](C)(C)C. The van der Waals surface area contributed by atoms with E-state index in [1.54, 1.807) is 0 Å². The van der Waals surface area contributed by atoms with E-state index in [-0.39, 0.29) is 26.1 Å². The van der Waals surface area contributed by atoms with Gasteiger partial charge in [-0.2, -0.15) is 0 Å². The Balaban J connectivity index is 4.05. The van der Waals surface area contributed by atoms with Gasteiger partial charge in [-0.25, -0.2) is 0 Å². The number of esters is 2. The lowest BCUT2D eigenvalue weighted by molar-refractivity contribution is -0.870. The molecule has 0 amide bonds. The summed E-state index contributed by atoms with van der Waals surface area (Å²) in [6, 6.07) is 0. The molecular weight excluding hydrogens is 990 g/mol. The molecule has 10 heteroatoms. The standard InChI is InChI=1S/C68H116NO8P/c1-6-8-10-12-14-16-18-20-22-23-24-25-26-27-28-29-30-31-32-33-34-35-36-37-38-39-40-41-42-43-44-45-47-49-51-53-55-57-59-61-68(71)77-66(65-76-78(72,73)75-63-62-69(3,4)5)64-74-67(70)60-58-56-54-52-50-48-46-21-19-17-15-13-11-9-7-2/h8,10,14-17,20-22,24-25,27-28,30-31,33-34,36-37,46,66H,6-7,9,11-13,18-19,23,26,29,32,35,38-45,47-65H2,1-5H3/b10-8-,16-14-,17-15-,22-20-,25-24-,28-27-,31-30-,34-33-,37-36-,46-21-. The number of allylic oxidation sites excluding steroid dienone is 20. The van der Waals surface area contributed by atoms with E-state index in [0.717, 1.165) is 109 Å². The number of nitrogens with zero attached hydrogens (tertiary/aromatic N) is 1. The third-order valence-corrected chi connectivity index (χ3v) is 13.9. The van der Waals surface area contributed by atoms with E-state index >= 15 is 0 Å². The van der Waals surface area contributed by atoms with E-state index in [2.05, 4.69) is 135 Å². The van der Waals surface area contributed by atoms with E-state index in [0.29, 0.717) is 23.9 Å². The molecule has 0 N–H and O–H groups in total. The number of ether oxygens (including phenoxy) is 2. The van der Waals surface area contributed by atoms with Crippen LogP contribution in [-0.2, 0) is 32.7 Å². The molecule has 0 rings (SSSR count). The molecular formula is C68H116NO8P. The van der Waals surface area contributed by atoms with Gasteiger partial charge in [-0.3, -0.25) is 14.2 Å². The topological polar surface area (TPSA) is 111 Å². The highest BCUT2D eigenvalue weighted by Gasteiger charge is 2.22. The first-order valence-electron chi connectivity index (χ1n) is 31.2. The molecule has 2 unspecified atom stereocenters. The summed E-state index contributed by atoms with van der Waals surface area (Å²) in [6.45, 7) is 4.07. The molecule has 9 nitrogen and oxygen atoms in total. The van der Waals surface area contributed by atoms with Gasteiger partial charge in [0.05, 0.1) is 27.7 Å². The average molecular weight is 1110 g/mol. The van der Waals surface area contributed by atoms with Crippen molar-refractivity contribution in [3.8, 4) is 0 Å². The molecule has 0 aromatic carbocycles. The molecule has 2 atom stereocenters. The Hall–Kier alpha value is -3.59. The Labute approximate surface area is 479 Å². The molecule has 0 radical (unpaired) electrons. The van der Waals surface area contributed by atoms with Gasteiger partial charge in [0.1, 0.15) is 19.8 Å². The highest BCUT2D eigenvalue weighted by atomic mass is 31.2. The normalized spacial score (nSPS) is 14.1. The van der Waals surface area contributed by atoms with Crippen LogP contribution < -0.4 is 4.89 Å². The van der Waals surface area contributed by atoms with Gasteiger partial charge in [0, 0.05) is 12.8 Å². The second-order valence-corrected chi connectivity index (χ2v) is 23.1. The van der Waals surface area contributed by atoms with Crippen LogP contribution in [-0.4, -0.2) is 70.0 Å². The molecule has 0 aliphatic heterocycles. The summed E-state index contributed by atoms with van der Waals surface area (Å²) >= 11 is 0. The van der Waals surface area contributed by atoms with E-state index in [1.165, 1.54) is 96.3 Å². The zero-order chi connectivity index (χ0) is 57.0. The number of rotatable bonds is 56. The Kier molecular flexibility index (Phi) is 55.4. The van der Waals surface area contributed by atoms with E-state index in [9.17, 15) is 19.0 Å². The van der Waals surface area contributed by atoms with E-state index in [4.69, 9.17) is 18.5 Å². The Morgan fingerprint density at radius 1 is 0.410 bits per heavy atom. The molecule has 78 heavy (non-hydrogen) atoms. The zero-order valence-electron chi connectivity index (χ0n) is 50.6. The molecule has 0 fully saturated rings. The van der Waals surface area contributed by atoms with Crippen molar-refractivity contribution >= 4 is 19.8 Å². The minimum Gasteiger partial charge on any atom is -0.756 e. The van der Waals surface area contributed by atoms with Gasteiger partial charge in [0.15, 0.2) is 6.10 Å². The van der Waals surface area contributed by atoms with Crippen LogP contribution in [0.2, 0.25) is 0 Å². The van der Waals surface area contributed by atoms with Crippen molar-refractivity contribution in [2.24, 2.45) is 0 Å². The minimum atomic E-state index is -4.64. The first kappa shape index (κ1) is 74.4. The fourth-order valence-electron chi connectivity index (χ4n) is 8.17. The Bertz CT molecular complexity index is 1730. The van der Waals surface area contributed by atoms with Gasteiger partial charge in [-0.05, 0) is 109 Å². The third kappa shape index (κ3) is 61.6. The number of carbonyl (C=O) groups excluding carboxylic acids is 2. The number of carbonyl (C=O) groups is 2. The highest BCUT2D eigenvalue weighted by molar-refractivity contribution is 7.45. The number of phosphoric acid groups is 1. The summed E-state index contributed by atoms with van der Waals surface area (Å²) in [6.07, 6.45) is 82.6. The summed E-state index contributed by atoms with van der Waals surface area (Å²) in [7, 11) is 1.15. The van der Waals surface area contributed by atoms with Crippen molar-refractivity contribution in [2.45, 2.75) is 251 Å². The van der Waals surface area contributed by atoms with Crippen molar-refractivity contribution < 1.29 is 42.1 Å². The average Bonchev–Trinajstić information content (AvgIpc) is 3.41. The molecule has 0 aliphatic rings. The van der Waals surface area contributed by atoms with E-state index < -0.39 is 32.5 Å². The number of likely N-dealkylation sites (N-methyl/N-ethyl adjacent to an activating group) is 1. The summed E-state index contributed by atoms with van der Waals surface area (Å²) in [5, 5.41) is 0. The molecule has 0 saturated heterocycles. The van der Waals surface area contributed by atoms with E-state index in [1.807, 2.05) is 21.1 Å². The van der Waals surface area contributed by atoms with Crippen molar-refractivity contribution in [2.75, 3.05) is 47.5 Å². The second kappa shape index (κ2) is 58.1. The number of phosphoric ester groups is 1. The summed E-state index contributed by atoms with van der Waals surface area (Å²) < 4.78 is 34.1. The predicted molar refractivity (Wildman–Crippen MR) is 332 cm³/mol. The maximum atomic E-state index is 12.8. The van der Waals surface area contributed by atoms with Crippen LogP contribution in [0.25, 0.3) is 0 Å². The number of quaternary nitrogens is 1. The fraction of sp³-hybridized carbons (Fsp3) is 0.676. The van der Waals surface area contributed by atoms with Crippen LogP contribution in [0.5, 0.6) is 0 Å². The molecule has 0 bridgehead atoms. The first-order chi connectivity index (χ1) is 38.0. The largest absolute Gasteiger partial charge is 0.756 e. The Morgan fingerprint density at radius 2 is 0.731 bits per heavy atom. The Morgan fingerprint density at radius 3 is 1.09 bits per heavy atom. The molecule has 0 aromatic rings. The van der Waals surface area contributed by atoms with Crippen LogP contribution in [0.4, 0.5) is 0 Å². The first-order valence-corrected chi connectivity index (χ1v) is 32.7. The highest BCUT2D eigenvalue weighted by Crippen LogP contribution is 2.38. The van der Waals surface area contributed by atoms with Crippen LogP contribution >= 0.6 is 7.82 Å². The van der Waals surface area contributed by atoms with Crippen molar-refractivity contribution in [1.82, 2.24) is 0 Å². The monoisotopic (exact) mass is 1110 g/mol. The lowest BCUT2D eigenvalue weighted by atomic mass is 10.0. The predicted octanol–water partition coefficient (Wildman–Crippen LogP) is 19.3. The van der Waals surface area contributed by atoms with Gasteiger partial charge in [0.2, 0.25) is 0 Å². The maximum Gasteiger partial charge on any atom is 0.306 e. The lowest BCUT2D eigenvalue weighted by Gasteiger charge is -2.28. The number of hydrogen-bond acceptors (Lipinski definition) is 8. The molecule has 0 spiro atoms. The van der Waals surface area contributed by atoms with Crippen LogP contribution in [0.15, 0.2) is 122 Å².